The van der Waals surface area contributed by atoms with E-state index in [2.05, 4.69) is 15.6 Å². The molecule has 1 saturated heterocycles. The molecule has 9 heteroatoms. The first-order valence-corrected chi connectivity index (χ1v) is 9.01. The van der Waals surface area contributed by atoms with Crippen LogP contribution in [0.3, 0.4) is 0 Å². The van der Waals surface area contributed by atoms with Gasteiger partial charge < -0.3 is 9.84 Å². The smallest absolute Gasteiger partial charge is 0.325 e. The van der Waals surface area contributed by atoms with Crippen LogP contribution in [0.4, 0.5) is 14.9 Å². The molecule has 148 valence electrons. The van der Waals surface area contributed by atoms with Crippen molar-refractivity contribution in [1.29, 1.82) is 0 Å². The van der Waals surface area contributed by atoms with E-state index in [4.69, 9.17) is 16.3 Å². The van der Waals surface area contributed by atoms with Gasteiger partial charge >= 0.3 is 6.03 Å². The number of hydrogen-bond donors (Lipinski definition) is 3. The van der Waals surface area contributed by atoms with Gasteiger partial charge in [0.15, 0.2) is 11.6 Å². The van der Waals surface area contributed by atoms with E-state index in [1.807, 2.05) is 0 Å². The molecule has 1 atom stereocenters. The van der Waals surface area contributed by atoms with Gasteiger partial charge in [-0.3, -0.25) is 15.5 Å². The number of guanidine groups is 1. The Bertz CT molecular complexity index is 889. The van der Waals surface area contributed by atoms with E-state index in [0.717, 1.165) is 5.56 Å². The highest BCUT2D eigenvalue weighted by Gasteiger charge is 2.29. The number of rotatable bonds is 5. The highest BCUT2D eigenvalue weighted by molar-refractivity contribution is 6.30. The predicted molar refractivity (Wildman–Crippen MR) is 104 cm³/mol. The first kappa shape index (κ1) is 19.9. The molecule has 1 unspecified atom stereocenters. The molecule has 3 rings (SSSR count). The summed E-state index contributed by atoms with van der Waals surface area (Å²) >= 11 is 5.90. The molecule has 28 heavy (non-hydrogen) atoms. The molecule has 0 spiro atoms. The number of aliphatic hydroxyl groups excluding tert-OH is 1. The maximum atomic E-state index is 14.2. The maximum absolute atomic E-state index is 14.2. The molecule has 0 radical (unpaired) electrons. The summed E-state index contributed by atoms with van der Waals surface area (Å²) in [5, 5.41) is 15.7. The number of benzene rings is 2. The molecule has 2 amide bonds. The number of hydrogen-bond acceptors (Lipinski definition) is 4. The minimum Gasteiger partial charge on any atom is -0.488 e. The van der Waals surface area contributed by atoms with Crippen molar-refractivity contribution in [2.45, 2.75) is 32.8 Å². The van der Waals surface area contributed by atoms with Crippen LogP contribution < -0.4 is 15.4 Å². The van der Waals surface area contributed by atoms with Crippen LogP contribution in [-0.4, -0.2) is 34.5 Å². The molecule has 1 aliphatic rings. The van der Waals surface area contributed by atoms with Crippen molar-refractivity contribution in [3.63, 3.8) is 0 Å². The van der Waals surface area contributed by atoms with Crippen LogP contribution in [0.2, 0.25) is 5.02 Å². The summed E-state index contributed by atoms with van der Waals surface area (Å²) in [6, 6.07) is 10.6. The first-order valence-electron chi connectivity index (χ1n) is 8.63. The summed E-state index contributed by atoms with van der Waals surface area (Å²) < 4.78 is 19.6. The summed E-state index contributed by atoms with van der Waals surface area (Å²) in [5.41, 5.74) is 1.10. The second-order valence-corrected chi connectivity index (χ2v) is 6.88. The van der Waals surface area contributed by atoms with Crippen molar-refractivity contribution >= 4 is 29.3 Å². The van der Waals surface area contributed by atoms with Gasteiger partial charge in [-0.05, 0) is 43.7 Å². The molecule has 2 aromatic carbocycles. The fourth-order valence-corrected chi connectivity index (χ4v) is 2.72. The zero-order valence-corrected chi connectivity index (χ0v) is 16.1. The van der Waals surface area contributed by atoms with Gasteiger partial charge in [0, 0.05) is 11.1 Å². The summed E-state index contributed by atoms with van der Waals surface area (Å²) in [4.78, 5) is 17.5. The van der Waals surface area contributed by atoms with Crippen molar-refractivity contribution in [2.24, 2.45) is 4.99 Å². The average molecular weight is 407 g/mol. The molecule has 1 heterocycles. The third-order valence-corrected chi connectivity index (χ3v) is 4.08. The highest BCUT2D eigenvalue weighted by Crippen LogP contribution is 2.25. The average Bonchev–Trinajstić information content (AvgIpc) is 2.61. The number of aliphatic hydroxyl groups is 1. The number of ether oxygens (including phenoxy) is 1. The first-order chi connectivity index (χ1) is 13.3. The Morgan fingerprint density at radius 2 is 2.00 bits per heavy atom. The Hall–Kier alpha value is -2.84. The fourth-order valence-electron chi connectivity index (χ4n) is 2.59. The van der Waals surface area contributed by atoms with Crippen LogP contribution in [0.1, 0.15) is 19.4 Å². The van der Waals surface area contributed by atoms with Gasteiger partial charge in [0.2, 0.25) is 12.3 Å². The van der Waals surface area contributed by atoms with E-state index < -0.39 is 18.2 Å². The number of nitrogens with one attached hydrogen (secondary N) is 2. The zero-order valence-electron chi connectivity index (χ0n) is 15.3. The molecule has 0 bridgehead atoms. The third kappa shape index (κ3) is 4.90. The Balaban J connectivity index is 1.88. The Kier molecular flexibility index (Phi) is 6.01. The topological polar surface area (TPSA) is 86.2 Å². The van der Waals surface area contributed by atoms with Crippen LogP contribution >= 0.6 is 11.6 Å². The maximum Gasteiger partial charge on any atom is 0.325 e. The molecule has 1 fully saturated rings. The van der Waals surface area contributed by atoms with E-state index in [1.54, 1.807) is 44.2 Å². The quantitative estimate of drug-likeness (QED) is 0.710. The lowest BCUT2D eigenvalue weighted by molar-refractivity contribution is 0.0188. The van der Waals surface area contributed by atoms with Crippen molar-refractivity contribution in [2.75, 3.05) is 0 Å². The predicted octanol–water partition coefficient (Wildman–Crippen LogP) is 3.34. The second kappa shape index (κ2) is 8.45. The van der Waals surface area contributed by atoms with Crippen molar-refractivity contribution < 1.29 is 19.0 Å². The minimum atomic E-state index is -1.29. The molecule has 7 nitrogen and oxygen atoms in total. The summed E-state index contributed by atoms with van der Waals surface area (Å²) in [6.45, 7) is 3.84. The van der Waals surface area contributed by atoms with Crippen molar-refractivity contribution in [1.82, 2.24) is 15.5 Å². The Morgan fingerprint density at radius 3 is 2.64 bits per heavy atom. The molecule has 1 aliphatic heterocycles. The largest absolute Gasteiger partial charge is 0.488 e. The minimum absolute atomic E-state index is 0.0862. The third-order valence-electron chi connectivity index (χ3n) is 3.83. The molecule has 0 aromatic heterocycles. The van der Waals surface area contributed by atoms with E-state index in [1.165, 1.54) is 17.0 Å². The summed E-state index contributed by atoms with van der Waals surface area (Å²) in [7, 11) is 0. The molecule has 2 aromatic rings. The highest BCUT2D eigenvalue weighted by atomic mass is 35.5. The van der Waals surface area contributed by atoms with Crippen LogP contribution in [-0.2, 0) is 6.54 Å². The monoisotopic (exact) mass is 406 g/mol. The normalized spacial score (nSPS) is 18.2. The van der Waals surface area contributed by atoms with Gasteiger partial charge in [-0.1, -0.05) is 23.7 Å². The lowest BCUT2D eigenvalue weighted by atomic mass is 10.2. The van der Waals surface area contributed by atoms with E-state index >= 15 is 0 Å². The summed E-state index contributed by atoms with van der Waals surface area (Å²) in [6.07, 6.45) is -1.46. The summed E-state index contributed by atoms with van der Waals surface area (Å²) in [5.74, 6) is -0.366. The van der Waals surface area contributed by atoms with Crippen LogP contribution in [0.5, 0.6) is 5.75 Å². The lowest BCUT2D eigenvalue weighted by Gasteiger charge is -2.35. The van der Waals surface area contributed by atoms with Gasteiger partial charge in [0.25, 0.3) is 0 Å². The van der Waals surface area contributed by atoms with Gasteiger partial charge in [0.05, 0.1) is 18.3 Å². The molecular formula is C19H20ClFN4O3. The number of carbonyl (C=O) groups is 1. The second-order valence-electron chi connectivity index (χ2n) is 6.44. The zero-order chi connectivity index (χ0) is 20.3. The van der Waals surface area contributed by atoms with Gasteiger partial charge in [-0.2, -0.15) is 0 Å². The number of amides is 2. The van der Waals surface area contributed by atoms with Crippen LogP contribution in [0.25, 0.3) is 0 Å². The Morgan fingerprint density at radius 1 is 1.29 bits per heavy atom. The molecule has 0 saturated carbocycles. The van der Waals surface area contributed by atoms with Crippen molar-refractivity contribution in [3.8, 4) is 5.75 Å². The van der Waals surface area contributed by atoms with Gasteiger partial charge in [0.1, 0.15) is 0 Å². The SMILES string of the molecule is CC(C)Oc1ccc(N=C2NC(=O)NC(O)N2Cc2ccc(Cl)cc2)cc1F. The number of nitrogens with zero attached hydrogens (tertiary/aromatic N) is 2. The number of aliphatic imine (C=N–C) groups is 1. The molecule has 3 N–H and O–H groups in total. The fraction of sp³-hybridized carbons (Fsp3) is 0.263. The van der Waals surface area contributed by atoms with E-state index in [9.17, 15) is 14.3 Å². The number of halogens is 2. The number of carbonyl (C=O) groups excluding carboxylic acids is 1. The molecule has 0 aliphatic carbocycles. The van der Waals surface area contributed by atoms with Gasteiger partial charge in [-0.15, -0.1) is 0 Å². The van der Waals surface area contributed by atoms with Crippen molar-refractivity contribution in [3.05, 3.63) is 58.9 Å². The van der Waals surface area contributed by atoms with E-state index in [0.29, 0.717) is 5.02 Å². The molecular weight excluding hydrogens is 387 g/mol. The standard InChI is InChI=1S/C19H20ClFN4O3/c1-11(2)28-16-8-7-14(9-15(16)21)22-17-23-18(26)24-19(27)25(17)10-12-3-5-13(20)6-4-12/h3-9,11,19,27H,10H2,1-2H3,(H2,22,23,24,26). The van der Waals surface area contributed by atoms with Crippen LogP contribution in [0, 0.1) is 5.82 Å². The van der Waals surface area contributed by atoms with Crippen LogP contribution in [0.15, 0.2) is 47.5 Å². The lowest BCUT2D eigenvalue weighted by Crippen LogP contribution is -2.63. The van der Waals surface area contributed by atoms with E-state index in [-0.39, 0.29) is 30.0 Å². The Labute approximate surface area is 166 Å². The van der Waals surface area contributed by atoms with Gasteiger partial charge in [-0.25, -0.2) is 14.2 Å². The number of urea groups is 1.